The van der Waals surface area contributed by atoms with Gasteiger partial charge in [-0.1, -0.05) is 17.7 Å². The molecule has 0 aliphatic carbocycles. The molecule has 0 saturated heterocycles. The van der Waals surface area contributed by atoms with E-state index in [0.717, 1.165) is 22.0 Å². The minimum atomic E-state index is 0.00219. The van der Waals surface area contributed by atoms with Gasteiger partial charge in [0, 0.05) is 29.4 Å². The van der Waals surface area contributed by atoms with Crippen molar-refractivity contribution < 1.29 is 4.79 Å². The van der Waals surface area contributed by atoms with Crippen LogP contribution in [0.15, 0.2) is 36.4 Å². The van der Waals surface area contributed by atoms with E-state index in [2.05, 4.69) is 17.6 Å². The van der Waals surface area contributed by atoms with Crippen molar-refractivity contribution in [2.45, 2.75) is 27.2 Å². The van der Waals surface area contributed by atoms with E-state index < -0.39 is 0 Å². The summed E-state index contributed by atoms with van der Waals surface area (Å²) < 4.78 is 0. The number of benzene rings is 2. The molecule has 2 aromatic rings. The molecule has 0 bridgehead atoms. The molecular formula is C18H21ClN2O. The van der Waals surface area contributed by atoms with Crippen LogP contribution in [0, 0.1) is 20.8 Å². The highest BCUT2D eigenvalue weighted by molar-refractivity contribution is 6.30. The summed E-state index contributed by atoms with van der Waals surface area (Å²) >= 11 is 5.92. The quantitative estimate of drug-likeness (QED) is 0.839. The predicted octanol–water partition coefficient (Wildman–Crippen LogP) is 4.71. The van der Waals surface area contributed by atoms with Gasteiger partial charge in [-0.25, -0.2) is 0 Å². The number of carbonyl (C=O) groups excluding carboxylic acids is 1. The van der Waals surface area contributed by atoms with Crippen LogP contribution < -0.4 is 10.6 Å². The zero-order valence-electron chi connectivity index (χ0n) is 13.2. The van der Waals surface area contributed by atoms with E-state index in [1.54, 1.807) is 0 Å². The number of amides is 1. The topological polar surface area (TPSA) is 41.1 Å². The first kappa shape index (κ1) is 16.4. The van der Waals surface area contributed by atoms with Crippen LogP contribution >= 0.6 is 11.6 Å². The van der Waals surface area contributed by atoms with Crippen LogP contribution in [0.2, 0.25) is 5.02 Å². The van der Waals surface area contributed by atoms with Crippen molar-refractivity contribution in [2.75, 3.05) is 17.2 Å². The van der Waals surface area contributed by atoms with Crippen molar-refractivity contribution in [1.29, 1.82) is 0 Å². The first-order valence-corrected chi connectivity index (χ1v) is 7.70. The Bertz CT molecular complexity index is 683. The van der Waals surface area contributed by atoms with Crippen molar-refractivity contribution in [3.63, 3.8) is 0 Å². The van der Waals surface area contributed by atoms with E-state index >= 15 is 0 Å². The summed E-state index contributed by atoms with van der Waals surface area (Å²) in [5.74, 6) is 0.00219. The normalized spacial score (nSPS) is 10.4. The number of aryl methyl sites for hydroxylation is 3. The Labute approximate surface area is 136 Å². The molecule has 3 nitrogen and oxygen atoms in total. The maximum atomic E-state index is 12.0. The summed E-state index contributed by atoms with van der Waals surface area (Å²) in [6.45, 7) is 6.66. The average Bonchev–Trinajstić information content (AvgIpc) is 2.45. The lowest BCUT2D eigenvalue weighted by atomic mass is 10.1. The van der Waals surface area contributed by atoms with Gasteiger partial charge in [0.2, 0.25) is 5.91 Å². The van der Waals surface area contributed by atoms with Gasteiger partial charge in [0.05, 0.1) is 0 Å². The molecule has 0 fully saturated rings. The maximum absolute atomic E-state index is 12.0. The summed E-state index contributed by atoms with van der Waals surface area (Å²) in [5.41, 5.74) is 5.31. The zero-order chi connectivity index (χ0) is 16.1. The standard InChI is InChI=1S/C18H21ClN2O/c1-12-4-6-16(11-13(12)2)21-18(22)8-9-20-17-7-5-15(19)10-14(17)3/h4-7,10-11,20H,8-9H2,1-3H3,(H,21,22). The summed E-state index contributed by atoms with van der Waals surface area (Å²) in [6, 6.07) is 11.6. The van der Waals surface area contributed by atoms with E-state index in [-0.39, 0.29) is 5.91 Å². The van der Waals surface area contributed by atoms with Gasteiger partial charge in [-0.05, 0) is 67.8 Å². The highest BCUT2D eigenvalue weighted by atomic mass is 35.5. The van der Waals surface area contributed by atoms with Crippen LogP contribution in [0.1, 0.15) is 23.1 Å². The first-order valence-electron chi connectivity index (χ1n) is 7.33. The molecule has 2 N–H and O–H groups in total. The Morgan fingerprint density at radius 3 is 2.45 bits per heavy atom. The summed E-state index contributed by atoms with van der Waals surface area (Å²) in [7, 11) is 0. The molecule has 4 heteroatoms. The molecule has 0 saturated carbocycles. The van der Waals surface area contributed by atoms with Crippen LogP contribution in [0.3, 0.4) is 0 Å². The largest absolute Gasteiger partial charge is 0.384 e. The highest BCUT2D eigenvalue weighted by Gasteiger charge is 2.04. The fourth-order valence-corrected chi connectivity index (χ4v) is 2.41. The molecule has 0 aliphatic rings. The van der Waals surface area contributed by atoms with E-state index in [9.17, 15) is 4.79 Å². The van der Waals surface area contributed by atoms with Gasteiger partial charge in [-0.3, -0.25) is 4.79 Å². The Morgan fingerprint density at radius 1 is 1.00 bits per heavy atom. The number of anilines is 2. The number of halogens is 1. The van der Waals surface area contributed by atoms with Gasteiger partial charge in [0.15, 0.2) is 0 Å². The smallest absolute Gasteiger partial charge is 0.226 e. The number of hydrogen-bond donors (Lipinski definition) is 2. The fraction of sp³-hybridized carbons (Fsp3) is 0.278. The number of carbonyl (C=O) groups is 1. The molecule has 116 valence electrons. The summed E-state index contributed by atoms with van der Waals surface area (Å²) in [6.07, 6.45) is 0.412. The highest BCUT2D eigenvalue weighted by Crippen LogP contribution is 2.19. The minimum absolute atomic E-state index is 0.00219. The van der Waals surface area contributed by atoms with Crippen molar-refractivity contribution in [3.8, 4) is 0 Å². The van der Waals surface area contributed by atoms with Crippen LogP contribution in [0.25, 0.3) is 0 Å². The second-order valence-electron chi connectivity index (χ2n) is 5.48. The van der Waals surface area contributed by atoms with Gasteiger partial charge in [-0.15, -0.1) is 0 Å². The lowest BCUT2D eigenvalue weighted by molar-refractivity contribution is -0.115. The SMILES string of the molecule is Cc1ccc(NC(=O)CCNc2ccc(Cl)cc2C)cc1C. The fourth-order valence-electron chi connectivity index (χ4n) is 2.18. The Hall–Kier alpha value is -2.00. The predicted molar refractivity (Wildman–Crippen MR) is 93.8 cm³/mol. The van der Waals surface area contributed by atoms with Gasteiger partial charge >= 0.3 is 0 Å². The first-order chi connectivity index (χ1) is 10.5. The van der Waals surface area contributed by atoms with E-state index in [4.69, 9.17) is 11.6 Å². The lowest BCUT2D eigenvalue weighted by Crippen LogP contribution is -2.16. The molecule has 0 heterocycles. The third-order valence-electron chi connectivity index (χ3n) is 3.65. The summed E-state index contributed by atoms with van der Waals surface area (Å²) in [4.78, 5) is 12.0. The Kier molecular flexibility index (Phi) is 5.45. The molecule has 0 unspecified atom stereocenters. The Morgan fingerprint density at radius 2 is 1.77 bits per heavy atom. The number of hydrogen-bond acceptors (Lipinski definition) is 2. The molecule has 0 atom stereocenters. The third-order valence-corrected chi connectivity index (χ3v) is 3.88. The monoisotopic (exact) mass is 316 g/mol. The molecule has 1 amide bonds. The molecule has 22 heavy (non-hydrogen) atoms. The summed E-state index contributed by atoms with van der Waals surface area (Å²) in [5, 5.41) is 6.90. The molecule has 0 aliphatic heterocycles. The third kappa shape index (κ3) is 4.50. The van der Waals surface area contributed by atoms with Crippen LogP contribution in [-0.4, -0.2) is 12.5 Å². The number of nitrogens with one attached hydrogen (secondary N) is 2. The van der Waals surface area contributed by atoms with Crippen molar-refractivity contribution >= 4 is 28.9 Å². The molecule has 0 radical (unpaired) electrons. The van der Waals surface area contributed by atoms with E-state index in [1.165, 1.54) is 11.1 Å². The Balaban J connectivity index is 1.83. The molecule has 0 aromatic heterocycles. The number of rotatable bonds is 5. The molecular weight excluding hydrogens is 296 g/mol. The van der Waals surface area contributed by atoms with Crippen molar-refractivity contribution in [1.82, 2.24) is 0 Å². The van der Waals surface area contributed by atoms with Crippen molar-refractivity contribution in [3.05, 3.63) is 58.1 Å². The van der Waals surface area contributed by atoms with E-state index in [0.29, 0.717) is 13.0 Å². The van der Waals surface area contributed by atoms with Crippen LogP contribution in [-0.2, 0) is 4.79 Å². The van der Waals surface area contributed by atoms with Gasteiger partial charge in [-0.2, -0.15) is 0 Å². The maximum Gasteiger partial charge on any atom is 0.226 e. The van der Waals surface area contributed by atoms with Gasteiger partial charge in [0.1, 0.15) is 0 Å². The molecule has 2 aromatic carbocycles. The second-order valence-corrected chi connectivity index (χ2v) is 5.92. The van der Waals surface area contributed by atoms with Crippen molar-refractivity contribution in [2.24, 2.45) is 0 Å². The minimum Gasteiger partial charge on any atom is -0.384 e. The zero-order valence-corrected chi connectivity index (χ0v) is 13.9. The molecule has 2 rings (SSSR count). The average molecular weight is 317 g/mol. The van der Waals surface area contributed by atoms with Gasteiger partial charge in [0.25, 0.3) is 0 Å². The van der Waals surface area contributed by atoms with Gasteiger partial charge < -0.3 is 10.6 Å². The lowest BCUT2D eigenvalue weighted by Gasteiger charge is -2.11. The molecule has 0 spiro atoms. The second kappa shape index (κ2) is 7.32. The van der Waals surface area contributed by atoms with Crippen LogP contribution in [0.5, 0.6) is 0 Å². The van der Waals surface area contributed by atoms with E-state index in [1.807, 2.05) is 50.2 Å². The van der Waals surface area contributed by atoms with Crippen LogP contribution in [0.4, 0.5) is 11.4 Å².